The number of carboxylic acid groups (broad SMARTS) is 2. The van der Waals surface area contributed by atoms with Crippen molar-refractivity contribution in [3.63, 3.8) is 0 Å². The quantitative estimate of drug-likeness (QED) is 0.819. The molecule has 0 aliphatic rings. The third kappa shape index (κ3) is 3.24. The lowest BCUT2D eigenvalue weighted by atomic mass is 10.1. The summed E-state index contributed by atoms with van der Waals surface area (Å²) in [7, 11) is 0. The molecule has 0 saturated carbocycles. The van der Waals surface area contributed by atoms with Gasteiger partial charge in [-0.25, -0.2) is 9.59 Å². The molecule has 4 nitrogen and oxygen atoms in total. The van der Waals surface area contributed by atoms with E-state index in [1.165, 1.54) is 24.3 Å². The third-order valence-electron chi connectivity index (χ3n) is 2.61. The molecular weight excluding hydrogens is 256 g/mol. The molecule has 98 valence electrons. The molecule has 0 atom stereocenters. The topological polar surface area (TPSA) is 74.6 Å². The maximum Gasteiger partial charge on any atom is 0.335 e. The normalized spacial score (nSPS) is 9.40. The van der Waals surface area contributed by atoms with Gasteiger partial charge in [0, 0.05) is 11.1 Å². The number of aromatic carboxylic acids is 2. The van der Waals surface area contributed by atoms with Crippen molar-refractivity contribution in [3.05, 3.63) is 70.8 Å². The van der Waals surface area contributed by atoms with Gasteiger partial charge in [0.2, 0.25) is 0 Å². The minimum Gasteiger partial charge on any atom is -0.478 e. The van der Waals surface area contributed by atoms with Crippen LogP contribution in [0.15, 0.2) is 48.5 Å². The lowest BCUT2D eigenvalue weighted by molar-refractivity contribution is 0.0686. The molecule has 0 fully saturated rings. The molecule has 0 spiro atoms. The Balaban J connectivity index is 2.17. The first-order valence-corrected chi connectivity index (χ1v) is 5.75. The van der Waals surface area contributed by atoms with E-state index in [0.29, 0.717) is 11.1 Å². The van der Waals surface area contributed by atoms with Gasteiger partial charge in [0.05, 0.1) is 11.1 Å². The zero-order valence-corrected chi connectivity index (χ0v) is 10.3. The summed E-state index contributed by atoms with van der Waals surface area (Å²) in [5, 5.41) is 17.5. The molecule has 0 aromatic heterocycles. The van der Waals surface area contributed by atoms with Gasteiger partial charge in [0.15, 0.2) is 0 Å². The fourth-order valence-corrected chi connectivity index (χ4v) is 1.54. The molecule has 2 aromatic carbocycles. The van der Waals surface area contributed by atoms with Crippen molar-refractivity contribution < 1.29 is 19.8 Å². The van der Waals surface area contributed by atoms with Gasteiger partial charge in [-0.2, -0.15) is 0 Å². The summed E-state index contributed by atoms with van der Waals surface area (Å²) in [6.45, 7) is 0. The number of hydrogen-bond acceptors (Lipinski definition) is 2. The maximum absolute atomic E-state index is 10.7. The first-order chi connectivity index (χ1) is 9.56. The molecule has 0 heterocycles. The Hall–Kier alpha value is -3.06. The van der Waals surface area contributed by atoms with Crippen LogP contribution in [0.2, 0.25) is 0 Å². The molecule has 0 aliphatic carbocycles. The fourth-order valence-electron chi connectivity index (χ4n) is 1.54. The smallest absolute Gasteiger partial charge is 0.335 e. The highest BCUT2D eigenvalue weighted by atomic mass is 16.4. The average molecular weight is 266 g/mol. The monoisotopic (exact) mass is 266 g/mol. The fraction of sp³-hybridized carbons (Fsp3) is 0. The molecule has 0 aliphatic heterocycles. The lowest BCUT2D eigenvalue weighted by Gasteiger charge is -1.95. The van der Waals surface area contributed by atoms with Gasteiger partial charge in [-0.05, 0) is 48.5 Å². The highest BCUT2D eigenvalue weighted by Gasteiger charge is 2.01. The van der Waals surface area contributed by atoms with Crippen LogP contribution in [0.25, 0.3) is 0 Å². The minimum absolute atomic E-state index is 0.210. The van der Waals surface area contributed by atoms with E-state index < -0.39 is 11.9 Å². The van der Waals surface area contributed by atoms with Gasteiger partial charge in [0.25, 0.3) is 0 Å². The summed E-state index contributed by atoms with van der Waals surface area (Å²) in [5.74, 6) is 3.81. The van der Waals surface area contributed by atoms with Crippen LogP contribution in [-0.2, 0) is 0 Å². The molecule has 2 N–H and O–H groups in total. The zero-order valence-electron chi connectivity index (χ0n) is 10.3. The summed E-state index contributed by atoms with van der Waals surface area (Å²) in [5.41, 5.74) is 1.80. The predicted octanol–water partition coefficient (Wildman–Crippen LogP) is 2.48. The SMILES string of the molecule is O=C(O)c1ccc(C#Cc2ccc(C(=O)O)cc2)cc1. The van der Waals surface area contributed by atoms with Crippen molar-refractivity contribution in [2.24, 2.45) is 0 Å². The lowest BCUT2D eigenvalue weighted by Crippen LogP contribution is -1.95. The molecule has 0 radical (unpaired) electrons. The molecule has 2 aromatic rings. The Morgan fingerprint density at radius 2 is 0.950 bits per heavy atom. The molecule has 0 saturated heterocycles. The van der Waals surface area contributed by atoms with Crippen molar-refractivity contribution in [2.75, 3.05) is 0 Å². The number of benzene rings is 2. The highest BCUT2D eigenvalue weighted by Crippen LogP contribution is 2.05. The van der Waals surface area contributed by atoms with E-state index in [-0.39, 0.29) is 11.1 Å². The number of carbonyl (C=O) groups is 2. The second-order valence-electron chi connectivity index (χ2n) is 4.02. The van der Waals surface area contributed by atoms with Crippen LogP contribution >= 0.6 is 0 Å². The van der Waals surface area contributed by atoms with Crippen molar-refractivity contribution in [1.82, 2.24) is 0 Å². The number of carboxylic acids is 2. The second-order valence-corrected chi connectivity index (χ2v) is 4.02. The first-order valence-electron chi connectivity index (χ1n) is 5.75. The second kappa shape index (κ2) is 5.72. The van der Waals surface area contributed by atoms with E-state index in [0.717, 1.165) is 0 Å². The molecule has 20 heavy (non-hydrogen) atoms. The van der Waals surface area contributed by atoms with Crippen LogP contribution in [0, 0.1) is 11.8 Å². The zero-order chi connectivity index (χ0) is 14.5. The van der Waals surface area contributed by atoms with E-state index in [2.05, 4.69) is 11.8 Å². The van der Waals surface area contributed by atoms with E-state index in [9.17, 15) is 9.59 Å². The van der Waals surface area contributed by atoms with Gasteiger partial charge < -0.3 is 10.2 Å². The van der Waals surface area contributed by atoms with Gasteiger partial charge in [-0.3, -0.25) is 0 Å². The van der Waals surface area contributed by atoms with Crippen LogP contribution in [0.3, 0.4) is 0 Å². The minimum atomic E-state index is -0.978. The largest absolute Gasteiger partial charge is 0.478 e. The van der Waals surface area contributed by atoms with E-state index in [1.807, 2.05) is 0 Å². The van der Waals surface area contributed by atoms with Gasteiger partial charge in [0.1, 0.15) is 0 Å². The van der Waals surface area contributed by atoms with Gasteiger partial charge in [-0.1, -0.05) is 11.8 Å². The first kappa shape index (κ1) is 13.4. The maximum atomic E-state index is 10.7. The van der Waals surface area contributed by atoms with E-state index in [1.54, 1.807) is 24.3 Å². The molecule has 0 bridgehead atoms. The van der Waals surface area contributed by atoms with Crippen LogP contribution in [0.5, 0.6) is 0 Å². The summed E-state index contributed by atoms with van der Waals surface area (Å²) in [6, 6.07) is 12.5. The van der Waals surface area contributed by atoms with Crippen molar-refractivity contribution in [2.45, 2.75) is 0 Å². The Bertz CT molecular complexity index is 639. The molecule has 0 unspecified atom stereocenters. The Morgan fingerprint density at radius 3 is 1.20 bits per heavy atom. The molecule has 0 amide bonds. The van der Waals surface area contributed by atoms with E-state index >= 15 is 0 Å². The molecular formula is C16H10O4. The summed E-state index contributed by atoms with van der Waals surface area (Å²) in [6.07, 6.45) is 0. The summed E-state index contributed by atoms with van der Waals surface area (Å²) in [4.78, 5) is 21.4. The Labute approximate surface area is 115 Å². The van der Waals surface area contributed by atoms with Crippen LogP contribution < -0.4 is 0 Å². The number of rotatable bonds is 2. The molecule has 4 heteroatoms. The van der Waals surface area contributed by atoms with Crippen molar-refractivity contribution >= 4 is 11.9 Å². The molecule has 2 rings (SSSR count). The van der Waals surface area contributed by atoms with Crippen LogP contribution in [0.1, 0.15) is 31.8 Å². The summed E-state index contributed by atoms with van der Waals surface area (Å²) < 4.78 is 0. The van der Waals surface area contributed by atoms with Crippen molar-refractivity contribution in [1.29, 1.82) is 0 Å². The Morgan fingerprint density at radius 1 is 0.650 bits per heavy atom. The average Bonchev–Trinajstić information content (AvgIpc) is 2.46. The van der Waals surface area contributed by atoms with Gasteiger partial charge in [-0.15, -0.1) is 0 Å². The highest BCUT2D eigenvalue weighted by molar-refractivity contribution is 5.88. The number of hydrogen-bond donors (Lipinski definition) is 2. The summed E-state index contributed by atoms with van der Waals surface area (Å²) >= 11 is 0. The third-order valence-corrected chi connectivity index (χ3v) is 2.61. The van der Waals surface area contributed by atoms with Crippen LogP contribution in [-0.4, -0.2) is 22.2 Å². The van der Waals surface area contributed by atoms with Crippen molar-refractivity contribution in [3.8, 4) is 11.8 Å². The van der Waals surface area contributed by atoms with Gasteiger partial charge >= 0.3 is 11.9 Å². The predicted molar refractivity (Wildman–Crippen MR) is 72.8 cm³/mol. The standard InChI is InChI=1S/C16H10O4/c17-15(18)13-7-3-11(4-8-13)1-2-12-5-9-14(10-6-12)16(19)20/h3-10H,(H,17,18)(H,19,20). The van der Waals surface area contributed by atoms with E-state index in [4.69, 9.17) is 10.2 Å². The Kier molecular flexibility index (Phi) is 3.82. The van der Waals surface area contributed by atoms with Crippen LogP contribution in [0.4, 0.5) is 0 Å².